The van der Waals surface area contributed by atoms with Crippen molar-refractivity contribution in [3.05, 3.63) is 58.8 Å². The first-order valence-corrected chi connectivity index (χ1v) is 8.97. The van der Waals surface area contributed by atoms with Crippen LogP contribution >= 0.6 is 15.9 Å². The molecule has 0 aliphatic heterocycles. The Morgan fingerprint density at radius 3 is 2.43 bits per heavy atom. The lowest BCUT2D eigenvalue weighted by Gasteiger charge is -2.22. The molecule has 1 fully saturated rings. The van der Waals surface area contributed by atoms with Crippen LogP contribution in [0.1, 0.15) is 18.4 Å². The van der Waals surface area contributed by atoms with Gasteiger partial charge in [0, 0.05) is 29.5 Å². The third kappa shape index (κ3) is 3.17. The van der Waals surface area contributed by atoms with Crippen molar-refractivity contribution in [3.8, 4) is 0 Å². The highest BCUT2D eigenvalue weighted by Crippen LogP contribution is 2.35. The first kappa shape index (κ1) is 14.7. The van der Waals surface area contributed by atoms with Gasteiger partial charge in [0.15, 0.2) is 0 Å². The summed E-state index contributed by atoms with van der Waals surface area (Å²) in [4.78, 5) is 4.30. The molecule has 1 saturated carbocycles. The molecule has 0 radical (unpaired) electrons. The van der Waals surface area contributed by atoms with Crippen molar-refractivity contribution in [1.29, 1.82) is 0 Å². The minimum Gasteiger partial charge on any atom is -0.265 e. The molecule has 6 heteroatoms. The Kier molecular flexibility index (Phi) is 4.10. The average Bonchev–Trinajstić information content (AvgIpc) is 3.30. The van der Waals surface area contributed by atoms with Crippen molar-refractivity contribution < 1.29 is 8.42 Å². The molecular weight excluding hydrogens is 352 g/mol. The molecule has 1 aliphatic carbocycles. The third-order valence-electron chi connectivity index (χ3n) is 3.47. The molecule has 3 rings (SSSR count). The van der Waals surface area contributed by atoms with E-state index in [0.29, 0.717) is 15.9 Å². The number of sulfonamides is 1. The minimum atomic E-state index is -3.50. The number of pyridine rings is 1. The van der Waals surface area contributed by atoms with Crippen LogP contribution in [0.3, 0.4) is 0 Å². The van der Waals surface area contributed by atoms with Gasteiger partial charge in [0.05, 0.1) is 4.90 Å². The quantitative estimate of drug-likeness (QED) is 0.816. The second-order valence-electron chi connectivity index (χ2n) is 5.07. The molecule has 0 N–H and O–H groups in total. The maximum Gasteiger partial charge on any atom is 0.244 e. The predicted octanol–water partition coefficient (Wildman–Crippen LogP) is 3.20. The lowest BCUT2D eigenvalue weighted by molar-refractivity contribution is 0.398. The van der Waals surface area contributed by atoms with E-state index in [4.69, 9.17) is 0 Å². The number of halogens is 1. The van der Waals surface area contributed by atoms with Crippen LogP contribution < -0.4 is 0 Å². The first-order chi connectivity index (χ1) is 10.1. The highest BCUT2D eigenvalue weighted by Gasteiger charge is 2.38. The van der Waals surface area contributed by atoms with Gasteiger partial charge in [-0.2, -0.15) is 4.31 Å². The lowest BCUT2D eigenvalue weighted by atomic mass is 10.3. The van der Waals surface area contributed by atoms with Crippen molar-refractivity contribution in [2.45, 2.75) is 30.3 Å². The van der Waals surface area contributed by atoms with Crippen LogP contribution in [0, 0.1) is 0 Å². The highest BCUT2D eigenvalue weighted by atomic mass is 79.9. The molecule has 0 amide bonds. The molecule has 1 aliphatic rings. The molecule has 0 unspecified atom stereocenters. The van der Waals surface area contributed by atoms with E-state index in [-0.39, 0.29) is 6.04 Å². The average molecular weight is 367 g/mol. The van der Waals surface area contributed by atoms with Gasteiger partial charge in [-0.25, -0.2) is 8.42 Å². The standard InChI is InChI=1S/C15H15BrN2O2S/c16-14-3-1-2-4-15(14)21(19,20)18(13-5-6-13)11-12-7-9-17-10-8-12/h1-4,7-10,13H,5-6,11H2. The third-order valence-corrected chi connectivity index (χ3v) is 6.38. The number of rotatable bonds is 5. The molecule has 1 heterocycles. The number of nitrogens with zero attached hydrogens (tertiary/aromatic N) is 2. The maximum absolute atomic E-state index is 12.9. The van der Waals surface area contributed by atoms with E-state index < -0.39 is 10.0 Å². The second kappa shape index (κ2) is 5.87. The van der Waals surface area contributed by atoms with Crippen molar-refractivity contribution in [3.63, 3.8) is 0 Å². The largest absolute Gasteiger partial charge is 0.265 e. The first-order valence-electron chi connectivity index (χ1n) is 6.74. The summed E-state index contributed by atoms with van der Waals surface area (Å²) in [5, 5.41) is 0. The zero-order chi connectivity index (χ0) is 14.9. The molecule has 0 saturated heterocycles. The Balaban J connectivity index is 1.96. The Morgan fingerprint density at radius 1 is 1.14 bits per heavy atom. The molecule has 21 heavy (non-hydrogen) atoms. The number of hydrogen-bond donors (Lipinski definition) is 0. The van der Waals surface area contributed by atoms with Gasteiger partial charge in [-0.1, -0.05) is 12.1 Å². The van der Waals surface area contributed by atoms with Crippen LogP contribution in [-0.4, -0.2) is 23.7 Å². The second-order valence-corrected chi connectivity index (χ2v) is 7.78. The van der Waals surface area contributed by atoms with E-state index in [9.17, 15) is 8.42 Å². The van der Waals surface area contributed by atoms with Gasteiger partial charge in [-0.05, 0) is 58.6 Å². The van der Waals surface area contributed by atoms with Gasteiger partial charge >= 0.3 is 0 Å². The fourth-order valence-electron chi connectivity index (χ4n) is 2.22. The van der Waals surface area contributed by atoms with E-state index in [1.54, 1.807) is 34.9 Å². The molecular formula is C15H15BrN2O2S. The SMILES string of the molecule is O=S(=O)(c1ccccc1Br)N(Cc1ccncc1)C1CC1. The topological polar surface area (TPSA) is 50.3 Å². The lowest BCUT2D eigenvalue weighted by Crippen LogP contribution is -2.32. The molecule has 1 aromatic carbocycles. The fraction of sp³-hybridized carbons (Fsp3) is 0.267. The van der Waals surface area contributed by atoms with E-state index in [0.717, 1.165) is 18.4 Å². The fourth-order valence-corrected chi connectivity index (χ4v) is 4.86. The monoisotopic (exact) mass is 366 g/mol. The van der Waals surface area contributed by atoms with Crippen molar-refractivity contribution in [2.24, 2.45) is 0 Å². The molecule has 0 atom stereocenters. The summed E-state index contributed by atoms with van der Waals surface area (Å²) in [6, 6.07) is 10.8. The van der Waals surface area contributed by atoms with E-state index in [2.05, 4.69) is 20.9 Å². The van der Waals surface area contributed by atoms with Gasteiger partial charge in [0.1, 0.15) is 0 Å². The van der Waals surface area contributed by atoms with Crippen LogP contribution in [0.15, 0.2) is 58.2 Å². The molecule has 4 nitrogen and oxygen atoms in total. The molecule has 1 aromatic heterocycles. The normalized spacial score (nSPS) is 15.3. The van der Waals surface area contributed by atoms with Crippen LogP contribution in [0.2, 0.25) is 0 Å². The van der Waals surface area contributed by atoms with E-state index >= 15 is 0 Å². The number of hydrogen-bond acceptors (Lipinski definition) is 3. The molecule has 0 spiro atoms. The summed E-state index contributed by atoms with van der Waals surface area (Å²) < 4.78 is 28.0. The van der Waals surface area contributed by atoms with Crippen LogP contribution in [-0.2, 0) is 16.6 Å². The maximum atomic E-state index is 12.9. The summed E-state index contributed by atoms with van der Waals surface area (Å²) in [6.07, 6.45) is 5.22. The van der Waals surface area contributed by atoms with Gasteiger partial charge in [0.2, 0.25) is 10.0 Å². The van der Waals surface area contributed by atoms with Gasteiger partial charge in [0.25, 0.3) is 0 Å². The zero-order valence-corrected chi connectivity index (χ0v) is 13.7. The Bertz CT molecular complexity index is 730. The van der Waals surface area contributed by atoms with E-state index in [1.165, 1.54) is 0 Å². The summed E-state index contributed by atoms with van der Waals surface area (Å²) >= 11 is 3.34. The van der Waals surface area contributed by atoms with Crippen molar-refractivity contribution >= 4 is 26.0 Å². The van der Waals surface area contributed by atoms with Gasteiger partial charge < -0.3 is 0 Å². The Hall–Kier alpha value is -1.24. The van der Waals surface area contributed by atoms with Crippen LogP contribution in [0.5, 0.6) is 0 Å². The molecule has 2 aromatic rings. The summed E-state index contributed by atoms with van der Waals surface area (Å²) in [5.74, 6) is 0. The van der Waals surface area contributed by atoms with Gasteiger partial charge in [-0.15, -0.1) is 0 Å². The van der Waals surface area contributed by atoms with Crippen LogP contribution in [0.25, 0.3) is 0 Å². The summed E-state index contributed by atoms with van der Waals surface area (Å²) in [7, 11) is -3.50. The van der Waals surface area contributed by atoms with E-state index in [1.807, 2.05) is 18.2 Å². The summed E-state index contributed by atoms with van der Waals surface area (Å²) in [6.45, 7) is 0.386. The Labute approximate surface area is 133 Å². The predicted molar refractivity (Wildman–Crippen MR) is 84.1 cm³/mol. The van der Waals surface area contributed by atoms with Gasteiger partial charge in [-0.3, -0.25) is 4.98 Å². The number of benzene rings is 1. The Morgan fingerprint density at radius 2 is 1.81 bits per heavy atom. The summed E-state index contributed by atoms with van der Waals surface area (Å²) in [5.41, 5.74) is 0.951. The minimum absolute atomic E-state index is 0.107. The van der Waals surface area contributed by atoms with Crippen molar-refractivity contribution in [2.75, 3.05) is 0 Å². The zero-order valence-electron chi connectivity index (χ0n) is 11.3. The highest BCUT2D eigenvalue weighted by molar-refractivity contribution is 9.10. The van der Waals surface area contributed by atoms with Crippen molar-refractivity contribution in [1.82, 2.24) is 9.29 Å². The molecule has 110 valence electrons. The molecule has 0 bridgehead atoms. The smallest absolute Gasteiger partial charge is 0.244 e. The van der Waals surface area contributed by atoms with Crippen LogP contribution in [0.4, 0.5) is 0 Å². The number of aromatic nitrogens is 1.